The second-order valence-electron chi connectivity index (χ2n) is 4.72. The average molecular weight is 301 g/mol. The lowest BCUT2D eigenvalue weighted by molar-refractivity contribution is -0.146. The van der Waals surface area contributed by atoms with Crippen LogP contribution >= 0.6 is 0 Å². The number of rotatable bonds is 3. The molecule has 1 aromatic carbocycles. The second kappa shape index (κ2) is 5.27. The first kappa shape index (κ1) is 15.1. The van der Waals surface area contributed by atoms with Gasteiger partial charge in [-0.1, -0.05) is 0 Å². The molecule has 2 aromatic rings. The standard InChI is InChI=1S/C13H14F3N3O2/c1-8(2)21-10-6-4-9(5-7-10)19-11(13(14,15)16)17-18(3)12(19)20/h4-8H,1-3H3. The van der Waals surface area contributed by atoms with Crippen LogP contribution in [0.1, 0.15) is 19.7 Å². The zero-order valence-electron chi connectivity index (χ0n) is 11.7. The molecule has 2 rings (SSSR count). The van der Waals surface area contributed by atoms with Gasteiger partial charge in [0.25, 0.3) is 0 Å². The van der Waals surface area contributed by atoms with Crippen LogP contribution in [0.25, 0.3) is 5.69 Å². The average Bonchev–Trinajstić information content (AvgIpc) is 2.66. The van der Waals surface area contributed by atoms with E-state index in [1.54, 1.807) is 0 Å². The summed E-state index contributed by atoms with van der Waals surface area (Å²) >= 11 is 0. The van der Waals surface area contributed by atoms with Crippen molar-refractivity contribution in [1.29, 1.82) is 0 Å². The van der Waals surface area contributed by atoms with Crippen LogP contribution in [0, 0.1) is 0 Å². The van der Waals surface area contributed by atoms with Crippen LogP contribution in [0.3, 0.4) is 0 Å². The van der Waals surface area contributed by atoms with Crippen molar-refractivity contribution in [2.24, 2.45) is 7.05 Å². The molecule has 0 amide bonds. The minimum Gasteiger partial charge on any atom is -0.491 e. The normalized spacial score (nSPS) is 12.0. The maximum Gasteiger partial charge on any atom is 0.452 e. The van der Waals surface area contributed by atoms with Crippen LogP contribution in [0.15, 0.2) is 29.1 Å². The summed E-state index contributed by atoms with van der Waals surface area (Å²) in [6.45, 7) is 3.67. The molecule has 0 saturated heterocycles. The van der Waals surface area contributed by atoms with Gasteiger partial charge in [0.05, 0.1) is 11.8 Å². The summed E-state index contributed by atoms with van der Waals surface area (Å²) in [7, 11) is 1.17. The highest BCUT2D eigenvalue weighted by atomic mass is 19.4. The summed E-state index contributed by atoms with van der Waals surface area (Å²) in [4.78, 5) is 11.8. The van der Waals surface area contributed by atoms with Crippen molar-refractivity contribution >= 4 is 0 Å². The van der Waals surface area contributed by atoms with Crippen LogP contribution in [0.4, 0.5) is 13.2 Å². The van der Waals surface area contributed by atoms with Gasteiger partial charge in [0.2, 0.25) is 5.82 Å². The van der Waals surface area contributed by atoms with Crippen LogP contribution in [0.5, 0.6) is 5.75 Å². The molecule has 0 bridgehead atoms. The molecule has 0 aliphatic rings. The number of aryl methyl sites for hydroxylation is 1. The van der Waals surface area contributed by atoms with Crippen molar-refractivity contribution in [3.63, 3.8) is 0 Å². The molecular weight excluding hydrogens is 287 g/mol. The van der Waals surface area contributed by atoms with E-state index in [4.69, 9.17) is 4.74 Å². The summed E-state index contributed by atoms with van der Waals surface area (Å²) in [5, 5.41) is 3.24. The molecule has 1 heterocycles. The molecule has 8 heteroatoms. The van der Waals surface area contributed by atoms with Crippen LogP contribution in [-0.2, 0) is 13.2 Å². The van der Waals surface area contributed by atoms with Crippen molar-refractivity contribution in [2.45, 2.75) is 26.1 Å². The molecule has 0 spiro atoms. The lowest BCUT2D eigenvalue weighted by atomic mass is 10.3. The van der Waals surface area contributed by atoms with E-state index < -0.39 is 17.7 Å². The molecule has 0 radical (unpaired) electrons. The van der Waals surface area contributed by atoms with Crippen molar-refractivity contribution in [3.8, 4) is 11.4 Å². The van der Waals surface area contributed by atoms with E-state index in [0.717, 1.165) is 0 Å². The minimum absolute atomic E-state index is 0.0531. The number of benzene rings is 1. The Morgan fingerprint density at radius 2 is 1.76 bits per heavy atom. The number of hydrogen-bond donors (Lipinski definition) is 0. The largest absolute Gasteiger partial charge is 0.491 e. The van der Waals surface area contributed by atoms with Crippen molar-refractivity contribution in [1.82, 2.24) is 14.3 Å². The van der Waals surface area contributed by atoms with E-state index in [1.807, 2.05) is 13.8 Å². The van der Waals surface area contributed by atoms with E-state index in [9.17, 15) is 18.0 Å². The monoisotopic (exact) mass is 301 g/mol. The highest BCUT2D eigenvalue weighted by molar-refractivity contribution is 5.38. The van der Waals surface area contributed by atoms with Crippen LogP contribution in [0.2, 0.25) is 0 Å². The van der Waals surface area contributed by atoms with Gasteiger partial charge in [-0.15, -0.1) is 5.10 Å². The third-order valence-corrected chi connectivity index (χ3v) is 2.64. The summed E-state index contributed by atoms with van der Waals surface area (Å²) in [5.74, 6) is -0.744. The minimum atomic E-state index is -4.71. The number of hydrogen-bond acceptors (Lipinski definition) is 3. The zero-order chi connectivity index (χ0) is 15.8. The second-order valence-corrected chi connectivity index (χ2v) is 4.72. The predicted octanol–water partition coefficient (Wildman–Crippen LogP) is 2.38. The number of alkyl halides is 3. The molecule has 0 atom stereocenters. The van der Waals surface area contributed by atoms with Gasteiger partial charge in [0.1, 0.15) is 5.75 Å². The number of halogens is 3. The third kappa shape index (κ3) is 3.09. The Bertz CT molecular complexity index is 684. The number of aromatic nitrogens is 3. The topological polar surface area (TPSA) is 49.0 Å². The van der Waals surface area contributed by atoms with Gasteiger partial charge >= 0.3 is 11.9 Å². The van der Waals surface area contributed by atoms with Gasteiger partial charge in [-0.2, -0.15) is 13.2 Å². The molecule has 114 valence electrons. The van der Waals surface area contributed by atoms with Crippen LogP contribution < -0.4 is 10.4 Å². The quantitative estimate of drug-likeness (QED) is 0.874. The molecule has 0 aliphatic heterocycles. The Morgan fingerprint density at radius 1 is 1.19 bits per heavy atom. The van der Waals surface area contributed by atoms with E-state index >= 15 is 0 Å². The molecule has 21 heavy (non-hydrogen) atoms. The Labute approximate surface area is 118 Å². The van der Waals surface area contributed by atoms with Gasteiger partial charge in [0, 0.05) is 7.05 Å². The van der Waals surface area contributed by atoms with Gasteiger partial charge < -0.3 is 4.74 Å². The first-order valence-corrected chi connectivity index (χ1v) is 6.20. The Balaban J connectivity index is 2.49. The first-order valence-electron chi connectivity index (χ1n) is 6.20. The summed E-state index contributed by atoms with van der Waals surface area (Å²) in [5.41, 5.74) is -0.781. The molecule has 1 aromatic heterocycles. The van der Waals surface area contributed by atoms with E-state index in [0.29, 0.717) is 15.0 Å². The summed E-state index contributed by atoms with van der Waals surface area (Å²) in [6, 6.07) is 5.79. The highest BCUT2D eigenvalue weighted by Crippen LogP contribution is 2.28. The molecule has 0 aliphatic carbocycles. The maximum absolute atomic E-state index is 12.9. The molecule has 0 saturated carbocycles. The van der Waals surface area contributed by atoms with Crippen LogP contribution in [-0.4, -0.2) is 20.5 Å². The van der Waals surface area contributed by atoms with Crippen molar-refractivity contribution in [2.75, 3.05) is 0 Å². The van der Waals surface area contributed by atoms with Gasteiger partial charge in [-0.3, -0.25) is 0 Å². The molecule has 0 N–H and O–H groups in total. The predicted molar refractivity (Wildman–Crippen MR) is 69.6 cm³/mol. The maximum atomic E-state index is 12.9. The molecule has 5 nitrogen and oxygen atoms in total. The van der Waals surface area contributed by atoms with E-state index in [-0.39, 0.29) is 11.8 Å². The number of ether oxygens (including phenoxy) is 1. The van der Waals surface area contributed by atoms with Gasteiger partial charge in [-0.25, -0.2) is 14.0 Å². The SMILES string of the molecule is CC(C)Oc1ccc(-n2c(C(F)(F)F)nn(C)c2=O)cc1. The Morgan fingerprint density at radius 3 is 2.24 bits per heavy atom. The zero-order valence-corrected chi connectivity index (χ0v) is 11.7. The molecular formula is C13H14F3N3O2. The lowest BCUT2D eigenvalue weighted by Crippen LogP contribution is -2.24. The highest BCUT2D eigenvalue weighted by Gasteiger charge is 2.39. The smallest absolute Gasteiger partial charge is 0.452 e. The molecule has 0 fully saturated rings. The fourth-order valence-corrected chi connectivity index (χ4v) is 1.83. The summed E-state index contributed by atoms with van der Waals surface area (Å²) in [6.07, 6.45) is -4.77. The van der Waals surface area contributed by atoms with Crippen molar-refractivity contribution < 1.29 is 17.9 Å². The first-order chi connectivity index (χ1) is 9.70. The fraction of sp³-hybridized carbons (Fsp3) is 0.385. The Kier molecular flexibility index (Phi) is 3.80. The van der Waals surface area contributed by atoms with Gasteiger partial charge in [0.15, 0.2) is 0 Å². The summed E-state index contributed by atoms with van der Waals surface area (Å²) < 4.78 is 45.3. The van der Waals surface area contributed by atoms with Gasteiger partial charge in [-0.05, 0) is 38.1 Å². The fourth-order valence-electron chi connectivity index (χ4n) is 1.83. The van der Waals surface area contributed by atoms with E-state index in [2.05, 4.69) is 5.10 Å². The number of nitrogens with zero attached hydrogens (tertiary/aromatic N) is 3. The molecule has 0 unspecified atom stereocenters. The van der Waals surface area contributed by atoms with E-state index in [1.165, 1.54) is 31.3 Å². The Hall–Kier alpha value is -2.25. The third-order valence-electron chi connectivity index (χ3n) is 2.64. The van der Waals surface area contributed by atoms with Crippen molar-refractivity contribution in [3.05, 3.63) is 40.6 Å². The lowest BCUT2D eigenvalue weighted by Gasteiger charge is -2.11.